The van der Waals surface area contributed by atoms with Gasteiger partial charge in [-0.05, 0) is 24.6 Å². The minimum atomic E-state index is -4.55. The van der Waals surface area contributed by atoms with Gasteiger partial charge in [0.25, 0.3) is 5.91 Å². The predicted molar refractivity (Wildman–Crippen MR) is 75.9 cm³/mol. The van der Waals surface area contributed by atoms with Crippen LogP contribution in [0.1, 0.15) is 27.2 Å². The molecule has 0 aliphatic carbocycles. The van der Waals surface area contributed by atoms with Crippen LogP contribution in [0.25, 0.3) is 0 Å². The first-order chi connectivity index (χ1) is 9.81. The zero-order valence-corrected chi connectivity index (χ0v) is 12.4. The van der Waals surface area contributed by atoms with Gasteiger partial charge in [0.2, 0.25) is 0 Å². The average Bonchev–Trinajstić information content (AvgIpc) is 2.79. The van der Waals surface area contributed by atoms with Crippen LogP contribution < -0.4 is 5.32 Å². The SMILES string of the molecule is CCc1sc(C(=O)Nc2cccc(C(F)(F)F)n2)cc1Cl. The van der Waals surface area contributed by atoms with Crippen LogP contribution in [0.4, 0.5) is 19.0 Å². The molecule has 3 nitrogen and oxygen atoms in total. The fourth-order valence-corrected chi connectivity index (χ4v) is 2.91. The van der Waals surface area contributed by atoms with Crippen molar-refractivity contribution in [1.29, 1.82) is 0 Å². The summed E-state index contributed by atoms with van der Waals surface area (Å²) in [6, 6.07) is 4.81. The topological polar surface area (TPSA) is 42.0 Å². The molecule has 0 saturated carbocycles. The van der Waals surface area contributed by atoms with Gasteiger partial charge >= 0.3 is 6.18 Å². The molecule has 0 radical (unpaired) electrons. The van der Waals surface area contributed by atoms with Crippen molar-refractivity contribution in [3.05, 3.63) is 44.7 Å². The smallest absolute Gasteiger partial charge is 0.306 e. The number of thiophene rings is 1. The maximum atomic E-state index is 12.5. The van der Waals surface area contributed by atoms with Crippen molar-refractivity contribution in [2.24, 2.45) is 0 Å². The number of hydrogen-bond acceptors (Lipinski definition) is 3. The number of anilines is 1. The van der Waals surface area contributed by atoms with Crippen LogP contribution in [-0.2, 0) is 12.6 Å². The number of halogens is 4. The molecule has 2 rings (SSSR count). The Hall–Kier alpha value is -1.60. The van der Waals surface area contributed by atoms with E-state index in [1.54, 1.807) is 0 Å². The normalized spacial score (nSPS) is 11.5. The molecule has 0 aromatic carbocycles. The van der Waals surface area contributed by atoms with Crippen molar-refractivity contribution >= 4 is 34.7 Å². The molecule has 0 bridgehead atoms. The Balaban J connectivity index is 2.19. The lowest BCUT2D eigenvalue weighted by molar-refractivity contribution is -0.141. The lowest BCUT2D eigenvalue weighted by Gasteiger charge is -2.08. The summed E-state index contributed by atoms with van der Waals surface area (Å²) in [5, 5.41) is 2.81. The Morgan fingerprint density at radius 2 is 2.14 bits per heavy atom. The molecule has 1 N–H and O–H groups in total. The molecule has 0 aliphatic heterocycles. The second-order valence-electron chi connectivity index (χ2n) is 4.10. The largest absolute Gasteiger partial charge is 0.433 e. The van der Waals surface area contributed by atoms with Crippen molar-refractivity contribution in [3.63, 3.8) is 0 Å². The first kappa shape index (κ1) is 15.8. The molecule has 0 fully saturated rings. The second kappa shape index (κ2) is 6.03. The van der Waals surface area contributed by atoms with E-state index >= 15 is 0 Å². The first-order valence-corrected chi connectivity index (χ1v) is 7.14. The number of pyridine rings is 1. The fraction of sp³-hybridized carbons (Fsp3) is 0.231. The number of carbonyl (C=O) groups is 1. The molecule has 0 unspecified atom stereocenters. The van der Waals surface area contributed by atoms with E-state index in [1.165, 1.54) is 29.5 Å². The molecule has 1 amide bonds. The second-order valence-corrected chi connectivity index (χ2v) is 5.64. The summed E-state index contributed by atoms with van der Waals surface area (Å²) in [5.41, 5.74) is -1.06. The first-order valence-electron chi connectivity index (χ1n) is 5.95. The van der Waals surface area contributed by atoms with E-state index in [1.807, 2.05) is 6.92 Å². The fourth-order valence-electron chi connectivity index (χ4n) is 1.60. The van der Waals surface area contributed by atoms with Crippen LogP contribution in [0.5, 0.6) is 0 Å². The third-order valence-corrected chi connectivity index (χ3v) is 4.31. The zero-order chi connectivity index (χ0) is 15.6. The van der Waals surface area contributed by atoms with Crippen LogP contribution in [0, 0.1) is 0 Å². The van der Waals surface area contributed by atoms with E-state index in [2.05, 4.69) is 10.3 Å². The lowest BCUT2D eigenvalue weighted by Crippen LogP contribution is -2.14. The molecule has 0 aliphatic rings. The molecule has 8 heteroatoms. The van der Waals surface area contributed by atoms with Gasteiger partial charge in [0, 0.05) is 4.88 Å². The van der Waals surface area contributed by atoms with E-state index in [-0.39, 0.29) is 5.82 Å². The van der Waals surface area contributed by atoms with Crippen LogP contribution in [0.15, 0.2) is 24.3 Å². The number of hydrogen-bond donors (Lipinski definition) is 1. The van der Waals surface area contributed by atoms with Gasteiger partial charge in [0.15, 0.2) is 0 Å². The summed E-state index contributed by atoms with van der Waals surface area (Å²) in [4.78, 5) is 16.5. The van der Waals surface area contributed by atoms with Crippen molar-refractivity contribution in [2.75, 3.05) is 5.32 Å². The van der Waals surface area contributed by atoms with Crippen LogP contribution in [0.3, 0.4) is 0 Å². The molecule has 2 aromatic heterocycles. The van der Waals surface area contributed by atoms with Crippen LogP contribution in [-0.4, -0.2) is 10.9 Å². The van der Waals surface area contributed by atoms with E-state index in [0.717, 1.165) is 10.9 Å². The molecule has 0 atom stereocenters. The van der Waals surface area contributed by atoms with Gasteiger partial charge in [0.05, 0.1) is 9.90 Å². The van der Waals surface area contributed by atoms with Gasteiger partial charge in [-0.1, -0.05) is 24.6 Å². The number of nitrogens with one attached hydrogen (secondary N) is 1. The van der Waals surface area contributed by atoms with Crippen molar-refractivity contribution in [1.82, 2.24) is 4.98 Å². The van der Waals surface area contributed by atoms with Gasteiger partial charge in [-0.15, -0.1) is 11.3 Å². The third kappa shape index (κ3) is 3.74. The van der Waals surface area contributed by atoms with Gasteiger partial charge in [0.1, 0.15) is 11.5 Å². The Labute approximate surface area is 127 Å². The Morgan fingerprint density at radius 3 is 2.71 bits per heavy atom. The van der Waals surface area contributed by atoms with E-state index in [4.69, 9.17) is 11.6 Å². The Bertz CT molecular complexity index is 670. The zero-order valence-electron chi connectivity index (χ0n) is 10.8. The highest BCUT2D eigenvalue weighted by molar-refractivity contribution is 7.14. The van der Waals surface area contributed by atoms with Crippen LogP contribution >= 0.6 is 22.9 Å². The summed E-state index contributed by atoms with van der Waals surface area (Å²) in [6.45, 7) is 1.90. The lowest BCUT2D eigenvalue weighted by atomic mass is 10.3. The minimum Gasteiger partial charge on any atom is -0.306 e. The maximum Gasteiger partial charge on any atom is 0.433 e. The minimum absolute atomic E-state index is 0.155. The summed E-state index contributed by atoms with van der Waals surface area (Å²) in [7, 11) is 0. The Kier molecular flexibility index (Phi) is 4.53. The maximum absolute atomic E-state index is 12.5. The van der Waals surface area contributed by atoms with Gasteiger partial charge in [-0.25, -0.2) is 4.98 Å². The number of alkyl halides is 3. The summed E-state index contributed by atoms with van der Waals surface area (Å²) >= 11 is 7.15. The number of aromatic nitrogens is 1. The number of rotatable bonds is 3. The van der Waals surface area contributed by atoms with E-state index in [0.29, 0.717) is 16.3 Å². The molecular weight excluding hydrogens is 325 g/mol. The monoisotopic (exact) mass is 334 g/mol. The number of amides is 1. The summed E-state index contributed by atoms with van der Waals surface area (Å²) in [6.07, 6.45) is -3.87. The molecule has 0 spiro atoms. The molecule has 2 aromatic rings. The van der Waals surface area contributed by atoms with E-state index < -0.39 is 17.8 Å². The van der Waals surface area contributed by atoms with Crippen LogP contribution in [0.2, 0.25) is 5.02 Å². The van der Waals surface area contributed by atoms with Crippen molar-refractivity contribution < 1.29 is 18.0 Å². The average molecular weight is 335 g/mol. The predicted octanol–water partition coefficient (Wildman–Crippen LogP) is 4.63. The summed E-state index contributed by atoms with van der Waals surface area (Å²) < 4.78 is 37.6. The standard InChI is InChI=1S/C13H10ClF3N2OS/c1-2-8-7(14)6-9(21-8)12(20)19-11-5-3-4-10(18-11)13(15,16)17/h3-6H,2H2,1H3,(H,18,19,20). The van der Waals surface area contributed by atoms with Crippen molar-refractivity contribution in [2.45, 2.75) is 19.5 Å². The molecule has 0 saturated heterocycles. The van der Waals surface area contributed by atoms with Gasteiger partial charge < -0.3 is 5.32 Å². The Morgan fingerprint density at radius 1 is 1.43 bits per heavy atom. The van der Waals surface area contributed by atoms with E-state index in [9.17, 15) is 18.0 Å². The third-order valence-electron chi connectivity index (χ3n) is 2.58. The molecule has 112 valence electrons. The van der Waals surface area contributed by atoms with Gasteiger partial charge in [-0.2, -0.15) is 13.2 Å². The highest BCUT2D eigenvalue weighted by atomic mass is 35.5. The number of carbonyl (C=O) groups excluding carboxylic acids is 1. The molecule has 2 heterocycles. The number of aryl methyl sites for hydroxylation is 1. The number of nitrogens with zero attached hydrogens (tertiary/aromatic N) is 1. The van der Waals surface area contributed by atoms with Gasteiger partial charge in [-0.3, -0.25) is 4.79 Å². The molecular formula is C13H10ClF3N2OS. The highest BCUT2D eigenvalue weighted by Gasteiger charge is 2.32. The summed E-state index contributed by atoms with van der Waals surface area (Å²) in [5.74, 6) is -0.689. The highest BCUT2D eigenvalue weighted by Crippen LogP contribution is 2.29. The van der Waals surface area contributed by atoms with Crippen molar-refractivity contribution in [3.8, 4) is 0 Å². The molecule has 21 heavy (non-hydrogen) atoms. The quantitative estimate of drug-likeness (QED) is 0.889.